The lowest BCUT2D eigenvalue weighted by molar-refractivity contribution is -0.118. The second-order valence-corrected chi connectivity index (χ2v) is 5.07. The van der Waals surface area contributed by atoms with E-state index >= 15 is 0 Å². The monoisotopic (exact) mass is 311 g/mol. The van der Waals surface area contributed by atoms with Gasteiger partial charge in [0.1, 0.15) is 0 Å². The number of hydrogen-bond donors (Lipinski definition) is 2. The van der Waals surface area contributed by atoms with Gasteiger partial charge in [-0.05, 0) is 19.1 Å². The molecule has 1 aromatic carbocycles. The normalized spacial score (nSPS) is 20.7. The number of nitrogens with one attached hydrogen (secondary N) is 2. The van der Waals surface area contributed by atoms with E-state index in [2.05, 4.69) is 10.6 Å². The SMILES string of the molecule is C[C@H]1CNCCN1C(=O)c1cccc2c1OCC(=O)N2.Cl. The number of fused-ring (bicyclic) bond motifs is 1. The summed E-state index contributed by atoms with van der Waals surface area (Å²) in [5.74, 6) is 0.229. The molecule has 2 N–H and O–H groups in total. The standard InChI is InChI=1S/C14H17N3O3.ClH/c1-9-7-15-5-6-17(9)14(19)10-3-2-4-11-13(10)20-8-12(18)16-11;/h2-4,9,15H,5-8H2,1H3,(H,16,18);1H/t9-;/m0./s1. The first-order chi connectivity index (χ1) is 9.66. The molecule has 1 atom stereocenters. The largest absolute Gasteiger partial charge is 0.481 e. The number of benzene rings is 1. The van der Waals surface area contributed by atoms with Gasteiger partial charge in [0.2, 0.25) is 0 Å². The molecule has 0 radical (unpaired) electrons. The number of piperazine rings is 1. The fraction of sp³-hybridized carbons (Fsp3) is 0.429. The maximum absolute atomic E-state index is 12.7. The molecule has 1 saturated heterocycles. The van der Waals surface area contributed by atoms with Gasteiger partial charge in [-0.15, -0.1) is 12.4 Å². The van der Waals surface area contributed by atoms with Crippen molar-refractivity contribution >= 4 is 29.9 Å². The minimum atomic E-state index is -0.197. The fourth-order valence-corrected chi connectivity index (χ4v) is 2.58. The Morgan fingerprint density at radius 3 is 3.00 bits per heavy atom. The molecule has 114 valence electrons. The van der Waals surface area contributed by atoms with E-state index in [9.17, 15) is 9.59 Å². The number of carbonyl (C=O) groups excluding carboxylic acids is 2. The number of nitrogens with zero attached hydrogens (tertiary/aromatic N) is 1. The lowest BCUT2D eigenvalue weighted by Gasteiger charge is -2.34. The zero-order chi connectivity index (χ0) is 14.1. The summed E-state index contributed by atoms with van der Waals surface area (Å²) in [5.41, 5.74) is 1.08. The first kappa shape index (κ1) is 15.6. The van der Waals surface area contributed by atoms with Gasteiger partial charge in [-0.25, -0.2) is 0 Å². The van der Waals surface area contributed by atoms with E-state index < -0.39 is 0 Å². The Balaban J connectivity index is 0.00000161. The van der Waals surface area contributed by atoms with E-state index in [0.29, 0.717) is 23.5 Å². The van der Waals surface area contributed by atoms with Gasteiger partial charge < -0.3 is 20.3 Å². The van der Waals surface area contributed by atoms with Gasteiger partial charge in [0.15, 0.2) is 12.4 Å². The molecule has 0 bridgehead atoms. The lowest BCUT2D eigenvalue weighted by Crippen LogP contribution is -2.52. The van der Waals surface area contributed by atoms with Gasteiger partial charge in [0.05, 0.1) is 11.3 Å². The number of carbonyl (C=O) groups is 2. The Morgan fingerprint density at radius 1 is 1.43 bits per heavy atom. The number of rotatable bonds is 1. The first-order valence-electron chi connectivity index (χ1n) is 6.74. The molecule has 2 aliphatic heterocycles. The number of halogens is 1. The molecule has 6 nitrogen and oxygen atoms in total. The van der Waals surface area contributed by atoms with Crippen LogP contribution >= 0.6 is 12.4 Å². The molecule has 2 amide bonds. The predicted molar refractivity (Wildman–Crippen MR) is 81.2 cm³/mol. The van der Waals surface area contributed by atoms with Crippen molar-refractivity contribution in [2.45, 2.75) is 13.0 Å². The number of amides is 2. The Morgan fingerprint density at radius 2 is 2.24 bits per heavy atom. The highest BCUT2D eigenvalue weighted by Crippen LogP contribution is 2.32. The molecule has 0 spiro atoms. The van der Waals surface area contributed by atoms with Crippen LogP contribution in [0.5, 0.6) is 5.75 Å². The highest BCUT2D eigenvalue weighted by Gasteiger charge is 2.29. The third kappa shape index (κ3) is 2.96. The highest BCUT2D eigenvalue weighted by molar-refractivity contribution is 6.03. The Kier molecular flexibility index (Phi) is 4.69. The van der Waals surface area contributed by atoms with Crippen molar-refractivity contribution in [1.82, 2.24) is 10.2 Å². The van der Waals surface area contributed by atoms with Crippen molar-refractivity contribution in [3.05, 3.63) is 23.8 Å². The number of hydrogen-bond acceptors (Lipinski definition) is 4. The smallest absolute Gasteiger partial charge is 0.262 e. The third-order valence-corrected chi connectivity index (χ3v) is 3.63. The van der Waals surface area contributed by atoms with Gasteiger partial charge in [0, 0.05) is 25.7 Å². The van der Waals surface area contributed by atoms with Crippen molar-refractivity contribution in [1.29, 1.82) is 0 Å². The van der Waals surface area contributed by atoms with Crippen LogP contribution in [0.3, 0.4) is 0 Å². The molecule has 0 aliphatic carbocycles. The van der Waals surface area contributed by atoms with Gasteiger partial charge in [0.25, 0.3) is 11.8 Å². The molecule has 1 aromatic rings. The Bertz CT molecular complexity index is 564. The van der Waals surface area contributed by atoms with Gasteiger partial charge in [-0.2, -0.15) is 0 Å². The van der Waals surface area contributed by atoms with Crippen LogP contribution in [0.1, 0.15) is 17.3 Å². The van der Waals surface area contributed by atoms with E-state index in [-0.39, 0.29) is 36.9 Å². The van der Waals surface area contributed by atoms with Gasteiger partial charge in [-0.3, -0.25) is 9.59 Å². The highest BCUT2D eigenvalue weighted by atomic mass is 35.5. The molecule has 21 heavy (non-hydrogen) atoms. The summed E-state index contributed by atoms with van der Waals surface area (Å²) in [6.45, 7) is 4.23. The second-order valence-electron chi connectivity index (χ2n) is 5.07. The quantitative estimate of drug-likeness (QED) is 0.807. The summed E-state index contributed by atoms with van der Waals surface area (Å²) in [7, 11) is 0. The van der Waals surface area contributed by atoms with Crippen molar-refractivity contribution in [2.75, 3.05) is 31.6 Å². The minimum absolute atomic E-state index is 0. The van der Waals surface area contributed by atoms with Crippen molar-refractivity contribution in [2.24, 2.45) is 0 Å². The van der Waals surface area contributed by atoms with E-state index in [1.165, 1.54) is 0 Å². The van der Waals surface area contributed by atoms with Crippen LogP contribution in [0.25, 0.3) is 0 Å². The molecule has 3 rings (SSSR count). The molecule has 1 fully saturated rings. The van der Waals surface area contributed by atoms with E-state index in [0.717, 1.165) is 13.1 Å². The van der Waals surface area contributed by atoms with Crippen molar-refractivity contribution in [3.8, 4) is 5.75 Å². The van der Waals surface area contributed by atoms with Crippen LogP contribution in [-0.2, 0) is 4.79 Å². The number of anilines is 1. The average Bonchev–Trinajstić information content (AvgIpc) is 2.46. The van der Waals surface area contributed by atoms with Gasteiger partial charge in [-0.1, -0.05) is 6.07 Å². The minimum Gasteiger partial charge on any atom is -0.481 e. The molecule has 7 heteroatoms. The molecule has 2 aliphatic rings. The summed E-state index contributed by atoms with van der Waals surface area (Å²) < 4.78 is 5.44. The van der Waals surface area contributed by atoms with E-state index in [4.69, 9.17) is 4.74 Å². The zero-order valence-corrected chi connectivity index (χ0v) is 12.5. The second kappa shape index (κ2) is 6.32. The summed E-state index contributed by atoms with van der Waals surface area (Å²) in [6, 6.07) is 5.39. The fourth-order valence-electron chi connectivity index (χ4n) is 2.58. The number of ether oxygens (including phenoxy) is 1. The first-order valence-corrected chi connectivity index (χ1v) is 6.74. The summed E-state index contributed by atoms with van der Waals surface area (Å²) in [6.07, 6.45) is 0. The molecular formula is C14H18ClN3O3. The van der Waals surface area contributed by atoms with E-state index in [1.807, 2.05) is 11.8 Å². The van der Waals surface area contributed by atoms with Crippen LogP contribution in [-0.4, -0.2) is 49.0 Å². The molecular weight excluding hydrogens is 294 g/mol. The Hall–Kier alpha value is -1.79. The van der Waals surface area contributed by atoms with Crippen LogP contribution < -0.4 is 15.4 Å². The maximum Gasteiger partial charge on any atom is 0.262 e. The van der Waals surface area contributed by atoms with Crippen LogP contribution in [0.15, 0.2) is 18.2 Å². The summed E-state index contributed by atoms with van der Waals surface area (Å²) >= 11 is 0. The van der Waals surface area contributed by atoms with Crippen molar-refractivity contribution < 1.29 is 14.3 Å². The predicted octanol–water partition coefficient (Wildman–Crippen LogP) is 0.873. The molecule has 0 unspecified atom stereocenters. The van der Waals surface area contributed by atoms with Crippen LogP contribution in [0.4, 0.5) is 5.69 Å². The third-order valence-electron chi connectivity index (χ3n) is 3.63. The average molecular weight is 312 g/mol. The Labute approximate surface area is 129 Å². The topological polar surface area (TPSA) is 70.7 Å². The number of para-hydroxylation sites is 1. The zero-order valence-electron chi connectivity index (χ0n) is 11.7. The molecule has 2 heterocycles. The van der Waals surface area contributed by atoms with E-state index in [1.54, 1.807) is 18.2 Å². The van der Waals surface area contributed by atoms with Crippen LogP contribution in [0.2, 0.25) is 0 Å². The van der Waals surface area contributed by atoms with Crippen LogP contribution in [0, 0.1) is 0 Å². The summed E-state index contributed by atoms with van der Waals surface area (Å²) in [4.78, 5) is 25.8. The van der Waals surface area contributed by atoms with Gasteiger partial charge >= 0.3 is 0 Å². The van der Waals surface area contributed by atoms with Crippen molar-refractivity contribution in [3.63, 3.8) is 0 Å². The summed E-state index contributed by atoms with van der Waals surface area (Å²) in [5, 5.41) is 5.98. The molecule has 0 aromatic heterocycles. The lowest BCUT2D eigenvalue weighted by atomic mass is 10.1. The molecule has 0 saturated carbocycles. The maximum atomic E-state index is 12.7.